The van der Waals surface area contributed by atoms with Crippen molar-refractivity contribution in [2.75, 3.05) is 6.54 Å². The van der Waals surface area contributed by atoms with E-state index in [-0.39, 0.29) is 6.09 Å². The van der Waals surface area contributed by atoms with E-state index < -0.39 is 0 Å². The second-order valence-electron chi connectivity index (χ2n) is 4.10. The summed E-state index contributed by atoms with van der Waals surface area (Å²) < 4.78 is 5.19. The number of rotatable bonds is 3. The van der Waals surface area contributed by atoms with Gasteiger partial charge in [0.25, 0.3) is 0 Å². The zero-order valence-electron chi connectivity index (χ0n) is 9.58. The van der Waals surface area contributed by atoms with Crippen molar-refractivity contribution in [3.8, 4) is 5.75 Å². The second kappa shape index (κ2) is 5.01. The zero-order chi connectivity index (χ0) is 11.4. The lowest BCUT2D eigenvalue weighted by Gasteiger charge is -2.07. The topological polar surface area (TPSA) is 38.3 Å². The van der Waals surface area contributed by atoms with E-state index in [1.54, 1.807) is 0 Å². The summed E-state index contributed by atoms with van der Waals surface area (Å²) in [5.41, 5.74) is 2.71. The van der Waals surface area contributed by atoms with Gasteiger partial charge in [0.15, 0.2) is 0 Å². The van der Waals surface area contributed by atoms with Crippen LogP contribution in [0, 0.1) is 0 Å². The highest BCUT2D eigenvalue weighted by Crippen LogP contribution is 2.25. The Bertz CT molecular complexity index is 388. The maximum absolute atomic E-state index is 11.3. The minimum absolute atomic E-state index is 0.361. The van der Waals surface area contributed by atoms with E-state index in [0.717, 1.165) is 19.3 Å². The molecule has 2 rings (SSSR count). The Morgan fingerprint density at radius 2 is 2.19 bits per heavy atom. The molecule has 1 N–H and O–H groups in total. The fourth-order valence-electron chi connectivity index (χ4n) is 1.98. The molecule has 1 aliphatic carbocycles. The molecule has 3 heteroatoms. The van der Waals surface area contributed by atoms with Crippen LogP contribution >= 0.6 is 0 Å². The third kappa shape index (κ3) is 2.54. The van der Waals surface area contributed by atoms with Gasteiger partial charge in [-0.2, -0.15) is 0 Å². The first kappa shape index (κ1) is 11.0. The van der Waals surface area contributed by atoms with Crippen LogP contribution in [0.15, 0.2) is 18.2 Å². The lowest BCUT2D eigenvalue weighted by atomic mass is 10.1. The van der Waals surface area contributed by atoms with Crippen molar-refractivity contribution >= 4 is 6.09 Å². The van der Waals surface area contributed by atoms with Crippen LogP contribution in [0.4, 0.5) is 4.79 Å². The Morgan fingerprint density at radius 1 is 1.38 bits per heavy atom. The number of ether oxygens (including phenoxy) is 1. The van der Waals surface area contributed by atoms with Crippen molar-refractivity contribution in [1.29, 1.82) is 0 Å². The number of carbonyl (C=O) groups is 1. The Balaban J connectivity index is 1.97. The van der Waals surface area contributed by atoms with E-state index in [2.05, 4.69) is 11.4 Å². The summed E-state index contributed by atoms with van der Waals surface area (Å²) in [7, 11) is 0. The second-order valence-corrected chi connectivity index (χ2v) is 4.10. The normalized spacial score (nSPS) is 13.3. The Labute approximate surface area is 95.8 Å². The Morgan fingerprint density at radius 3 is 3.00 bits per heavy atom. The molecule has 0 bridgehead atoms. The summed E-state index contributed by atoms with van der Waals surface area (Å²) in [5.74, 6) is 0.647. The predicted molar refractivity (Wildman–Crippen MR) is 62.8 cm³/mol. The number of hydrogen-bond acceptors (Lipinski definition) is 2. The van der Waals surface area contributed by atoms with Crippen LogP contribution in [-0.4, -0.2) is 12.6 Å². The third-order valence-electron chi connectivity index (χ3n) is 2.80. The number of fused-ring (bicyclic) bond motifs is 1. The standard InChI is InChI=1S/C13H17NO2/c1-2-8-14-13(15)16-12-7-6-10-4-3-5-11(10)9-12/h6-7,9H,2-5,8H2,1H3,(H,14,15). The molecule has 0 fully saturated rings. The van der Waals surface area contributed by atoms with E-state index in [9.17, 15) is 4.79 Å². The number of nitrogens with one attached hydrogen (secondary N) is 1. The van der Waals surface area contributed by atoms with Crippen LogP contribution in [0.1, 0.15) is 30.9 Å². The van der Waals surface area contributed by atoms with Crippen molar-refractivity contribution < 1.29 is 9.53 Å². The summed E-state index contributed by atoms with van der Waals surface area (Å²) in [6, 6.07) is 5.91. The lowest BCUT2D eigenvalue weighted by molar-refractivity contribution is 0.200. The molecule has 0 saturated heterocycles. The predicted octanol–water partition coefficient (Wildman–Crippen LogP) is 2.67. The summed E-state index contributed by atoms with van der Waals surface area (Å²) in [4.78, 5) is 11.3. The average Bonchev–Trinajstić information content (AvgIpc) is 2.73. The molecule has 0 radical (unpaired) electrons. The molecule has 0 unspecified atom stereocenters. The maximum atomic E-state index is 11.3. The minimum atomic E-state index is -0.361. The Kier molecular flexibility index (Phi) is 3.44. The van der Waals surface area contributed by atoms with Gasteiger partial charge < -0.3 is 10.1 Å². The monoisotopic (exact) mass is 219 g/mol. The first-order valence-corrected chi connectivity index (χ1v) is 5.87. The highest BCUT2D eigenvalue weighted by molar-refractivity contribution is 5.70. The van der Waals surface area contributed by atoms with Crippen molar-refractivity contribution in [1.82, 2.24) is 5.32 Å². The van der Waals surface area contributed by atoms with Gasteiger partial charge in [-0.15, -0.1) is 0 Å². The molecule has 0 aliphatic heterocycles. The number of carbonyl (C=O) groups excluding carboxylic acids is 1. The fraction of sp³-hybridized carbons (Fsp3) is 0.462. The molecule has 16 heavy (non-hydrogen) atoms. The fourth-order valence-corrected chi connectivity index (χ4v) is 1.98. The van der Waals surface area contributed by atoms with E-state index in [0.29, 0.717) is 12.3 Å². The van der Waals surface area contributed by atoms with Gasteiger partial charge in [0.05, 0.1) is 0 Å². The summed E-state index contributed by atoms with van der Waals surface area (Å²) in [6.07, 6.45) is 4.01. The average molecular weight is 219 g/mol. The molecule has 0 heterocycles. The number of hydrogen-bond donors (Lipinski definition) is 1. The molecule has 1 aromatic rings. The summed E-state index contributed by atoms with van der Waals surface area (Å²) in [5, 5.41) is 2.69. The summed E-state index contributed by atoms with van der Waals surface area (Å²) >= 11 is 0. The van der Waals surface area contributed by atoms with Crippen LogP contribution in [-0.2, 0) is 12.8 Å². The van der Waals surface area contributed by atoms with Crippen LogP contribution in [0.25, 0.3) is 0 Å². The van der Waals surface area contributed by atoms with Gasteiger partial charge in [0, 0.05) is 6.54 Å². The number of amides is 1. The molecule has 0 saturated carbocycles. The summed E-state index contributed by atoms with van der Waals surface area (Å²) in [6.45, 7) is 2.67. The third-order valence-corrected chi connectivity index (χ3v) is 2.80. The van der Waals surface area contributed by atoms with Crippen molar-refractivity contribution in [3.63, 3.8) is 0 Å². The highest BCUT2D eigenvalue weighted by atomic mass is 16.5. The van der Waals surface area contributed by atoms with Crippen LogP contribution in [0.5, 0.6) is 5.75 Å². The molecule has 86 valence electrons. The van der Waals surface area contributed by atoms with Gasteiger partial charge in [0.2, 0.25) is 0 Å². The molecule has 3 nitrogen and oxygen atoms in total. The zero-order valence-corrected chi connectivity index (χ0v) is 9.58. The SMILES string of the molecule is CCCNC(=O)Oc1ccc2c(c1)CCC2. The molecule has 0 aromatic heterocycles. The highest BCUT2D eigenvalue weighted by Gasteiger charge is 2.12. The van der Waals surface area contributed by atoms with Crippen LogP contribution < -0.4 is 10.1 Å². The molecule has 1 amide bonds. The van der Waals surface area contributed by atoms with Gasteiger partial charge in [-0.25, -0.2) is 4.79 Å². The number of aryl methyl sites for hydroxylation is 2. The van der Waals surface area contributed by atoms with Gasteiger partial charge in [-0.3, -0.25) is 0 Å². The number of benzene rings is 1. The van der Waals surface area contributed by atoms with E-state index >= 15 is 0 Å². The van der Waals surface area contributed by atoms with Crippen LogP contribution in [0.3, 0.4) is 0 Å². The molecule has 0 spiro atoms. The maximum Gasteiger partial charge on any atom is 0.412 e. The first-order valence-electron chi connectivity index (χ1n) is 5.87. The van der Waals surface area contributed by atoms with Gasteiger partial charge >= 0.3 is 6.09 Å². The lowest BCUT2D eigenvalue weighted by Crippen LogP contribution is -2.27. The minimum Gasteiger partial charge on any atom is -0.410 e. The van der Waals surface area contributed by atoms with E-state index in [1.807, 2.05) is 19.1 Å². The molecule has 0 atom stereocenters. The van der Waals surface area contributed by atoms with Gasteiger partial charge in [0.1, 0.15) is 5.75 Å². The largest absolute Gasteiger partial charge is 0.412 e. The molecule has 1 aliphatic rings. The quantitative estimate of drug-likeness (QED) is 0.848. The van der Waals surface area contributed by atoms with Crippen LogP contribution in [0.2, 0.25) is 0 Å². The van der Waals surface area contributed by atoms with Crippen molar-refractivity contribution in [2.45, 2.75) is 32.6 Å². The van der Waals surface area contributed by atoms with Crippen molar-refractivity contribution in [3.05, 3.63) is 29.3 Å². The van der Waals surface area contributed by atoms with Gasteiger partial charge in [-0.1, -0.05) is 13.0 Å². The molecule has 1 aromatic carbocycles. The van der Waals surface area contributed by atoms with Crippen molar-refractivity contribution in [2.24, 2.45) is 0 Å². The van der Waals surface area contributed by atoms with E-state index in [4.69, 9.17) is 4.74 Å². The molecular weight excluding hydrogens is 202 g/mol. The molecular formula is C13H17NO2. The smallest absolute Gasteiger partial charge is 0.410 e. The van der Waals surface area contributed by atoms with Gasteiger partial charge in [-0.05, 0) is 48.9 Å². The Hall–Kier alpha value is -1.51. The van der Waals surface area contributed by atoms with E-state index in [1.165, 1.54) is 17.5 Å². The first-order chi connectivity index (χ1) is 7.79.